The highest BCUT2D eigenvalue weighted by Crippen LogP contribution is 2.25. The van der Waals surface area contributed by atoms with Crippen LogP contribution in [0.25, 0.3) is 16.8 Å². The molecule has 2 aliphatic heterocycles. The van der Waals surface area contributed by atoms with E-state index in [0.29, 0.717) is 0 Å². The van der Waals surface area contributed by atoms with Crippen LogP contribution in [0.1, 0.15) is 18.4 Å². The quantitative estimate of drug-likeness (QED) is 0.734. The molecule has 5 rings (SSSR count). The molecule has 1 atom stereocenters. The molecular weight excluding hydrogens is 312 g/mol. The second-order valence-corrected chi connectivity index (χ2v) is 7.13. The van der Waals surface area contributed by atoms with Crippen LogP contribution in [0.3, 0.4) is 0 Å². The maximum absolute atomic E-state index is 4.25. The van der Waals surface area contributed by atoms with Gasteiger partial charge in [-0.1, -0.05) is 30.3 Å². The van der Waals surface area contributed by atoms with Gasteiger partial charge in [-0.2, -0.15) is 4.52 Å². The maximum Gasteiger partial charge on any atom is 0.183 e. The molecule has 0 unspecified atom stereocenters. The molecule has 3 aromatic rings. The number of fused-ring (bicyclic) bond motifs is 2. The van der Waals surface area contributed by atoms with Gasteiger partial charge in [-0.3, -0.25) is 9.80 Å². The highest BCUT2D eigenvalue weighted by molar-refractivity contribution is 5.66. The third-order valence-corrected chi connectivity index (χ3v) is 5.54. The van der Waals surface area contributed by atoms with E-state index in [4.69, 9.17) is 0 Å². The zero-order valence-electron chi connectivity index (χ0n) is 14.3. The number of piperazine rings is 1. The summed E-state index contributed by atoms with van der Waals surface area (Å²) in [6, 6.07) is 13.4. The lowest BCUT2D eigenvalue weighted by Crippen LogP contribution is -2.49. The lowest BCUT2D eigenvalue weighted by Gasteiger charge is -2.37. The van der Waals surface area contributed by atoms with Crippen LogP contribution >= 0.6 is 0 Å². The summed E-state index contributed by atoms with van der Waals surface area (Å²) in [7, 11) is 0. The summed E-state index contributed by atoms with van der Waals surface area (Å²) in [4.78, 5) is 5.20. The van der Waals surface area contributed by atoms with Gasteiger partial charge in [0.1, 0.15) is 0 Å². The van der Waals surface area contributed by atoms with Crippen LogP contribution in [-0.2, 0) is 6.54 Å². The first-order valence-electron chi connectivity index (χ1n) is 9.09. The number of hydrogen-bond acceptors (Lipinski definition) is 5. The zero-order valence-corrected chi connectivity index (χ0v) is 14.3. The summed E-state index contributed by atoms with van der Waals surface area (Å²) in [6.45, 7) is 5.66. The number of nitrogens with zero attached hydrogens (tertiary/aromatic N) is 6. The van der Waals surface area contributed by atoms with E-state index in [9.17, 15) is 0 Å². The Morgan fingerprint density at radius 2 is 1.96 bits per heavy atom. The second kappa shape index (κ2) is 6.20. The number of aromatic nitrogens is 4. The first-order valence-corrected chi connectivity index (χ1v) is 9.09. The minimum Gasteiger partial charge on any atom is -0.298 e. The number of pyridine rings is 1. The Kier molecular flexibility index (Phi) is 3.72. The van der Waals surface area contributed by atoms with Crippen molar-refractivity contribution >= 4 is 5.65 Å². The molecule has 128 valence electrons. The lowest BCUT2D eigenvalue weighted by atomic mass is 10.0. The average Bonchev–Trinajstić information content (AvgIpc) is 3.31. The molecule has 6 nitrogen and oxygen atoms in total. The smallest absolute Gasteiger partial charge is 0.183 e. The summed E-state index contributed by atoms with van der Waals surface area (Å²) in [5.74, 6) is 0. The molecule has 6 heteroatoms. The van der Waals surface area contributed by atoms with Crippen LogP contribution in [0.2, 0.25) is 0 Å². The summed E-state index contributed by atoms with van der Waals surface area (Å²) in [6.07, 6.45) is 4.70. The van der Waals surface area contributed by atoms with Gasteiger partial charge in [0.25, 0.3) is 0 Å². The maximum atomic E-state index is 4.25. The van der Waals surface area contributed by atoms with Gasteiger partial charge >= 0.3 is 0 Å². The van der Waals surface area contributed by atoms with Crippen LogP contribution in [0.4, 0.5) is 0 Å². The number of rotatable bonds is 3. The molecule has 0 bridgehead atoms. The monoisotopic (exact) mass is 334 g/mol. The largest absolute Gasteiger partial charge is 0.298 e. The topological polar surface area (TPSA) is 49.6 Å². The Labute approximate surface area is 147 Å². The molecule has 2 fully saturated rings. The van der Waals surface area contributed by atoms with Crippen molar-refractivity contribution in [3.63, 3.8) is 0 Å². The van der Waals surface area contributed by atoms with E-state index in [1.807, 2.05) is 16.8 Å². The molecule has 0 N–H and O–H groups in total. The summed E-state index contributed by atoms with van der Waals surface area (Å²) in [5.41, 5.74) is 4.43. The molecule has 0 spiro atoms. The normalized spacial score (nSPS) is 21.7. The fraction of sp³-hybridized carbons (Fsp3) is 0.421. The predicted molar refractivity (Wildman–Crippen MR) is 96.1 cm³/mol. The van der Waals surface area contributed by atoms with E-state index in [2.05, 4.69) is 55.7 Å². The molecule has 0 aliphatic carbocycles. The van der Waals surface area contributed by atoms with Crippen molar-refractivity contribution in [2.24, 2.45) is 0 Å². The first-order chi connectivity index (χ1) is 12.4. The van der Waals surface area contributed by atoms with Crippen molar-refractivity contribution < 1.29 is 0 Å². The molecule has 2 aliphatic rings. The zero-order chi connectivity index (χ0) is 16.6. The molecular formula is C19H22N6. The SMILES string of the molecule is c1ccc(-c2cc(CN3CCN4CCC[C@@H]4C3)c3nnnn3c2)cc1. The third kappa shape index (κ3) is 2.81. The van der Waals surface area contributed by atoms with E-state index in [-0.39, 0.29) is 0 Å². The van der Waals surface area contributed by atoms with Crippen molar-refractivity contribution in [3.05, 3.63) is 48.2 Å². The summed E-state index contributed by atoms with van der Waals surface area (Å²) >= 11 is 0. The van der Waals surface area contributed by atoms with Gasteiger partial charge < -0.3 is 0 Å². The second-order valence-electron chi connectivity index (χ2n) is 7.13. The van der Waals surface area contributed by atoms with Gasteiger partial charge in [0.15, 0.2) is 5.65 Å². The standard InChI is InChI=1S/C19H22N6/c1-2-5-15(6-3-1)16-11-17(19-20-21-22-25(19)13-16)12-23-9-10-24-8-4-7-18(24)14-23/h1-3,5-6,11,13,18H,4,7-10,12,14H2/t18-/m1/s1. The van der Waals surface area contributed by atoms with E-state index >= 15 is 0 Å². The van der Waals surface area contributed by atoms with Crippen LogP contribution in [-0.4, -0.2) is 62.1 Å². The van der Waals surface area contributed by atoms with Crippen LogP contribution in [0.15, 0.2) is 42.6 Å². The van der Waals surface area contributed by atoms with Crippen LogP contribution < -0.4 is 0 Å². The van der Waals surface area contributed by atoms with Crippen molar-refractivity contribution in [2.45, 2.75) is 25.4 Å². The van der Waals surface area contributed by atoms with Crippen molar-refractivity contribution in [3.8, 4) is 11.1 Å². The molecule has 0 radical (unpaired) electrons. The van der Waals surface area contributed by atoms with Crippen molar-refractivity contribution in [1.29, 1.82) is 0 Å². The summed E-state index contributed by atoms with van der Waals surface area (Å²) in [5, 5.41) is 12.3. The number of benzene rings is 1. The van der Waals surface area contributed by atoms with Crippen LogP contribution in [0, 0.1) is 0 Å². The fourth-order valence-corrected chi connectivity index (χ4v) is 4.26. The Bertz CT molecular complexity index is 874. The molecule has 4 heterocycles. The highest BCUT2D eigenvalue weighted by Gasteiger charge is 2.30. The highest BCUT2D eigenvalue weighted by atomic mass is 15.5. The van der Waals surface area contributed by atoms with E-state index < -0.39 is 0 Å². The van der Waals surface area contributed by atoms with Gasteiger partial charge in [-0.15, -0.1) is 5.10 Å². The van der Waals surface area contributed by atoms with E-state index in [1.165, 1.54) is 37.1 Å². The van der Waals surface area contributed by atoms with Crippen molar-refractivity contribution in [1.82, 2.24) is 29.8 Å². The predicted octanol–water partition coefficient (Wildman–Crippen LogP) is 2.07. The molecule has 2 aromatic heterocycles. The minimum absolute atomic E-state index is 0.734. The number of hydrogen-bond donors (Lipinski definition) is 0. The molecule has 1 aromatic carbocycles. The Morgan fingerprint density at radius 1 is 1.04 bits per heavy atom. The minimum atomic E-state index is 0.734. The average molecular weight is 334 g/mol. The van der Waals surface area contributed by atoms with Gasteiger partial charge in [0.05, 0.1) is 0 Å². The van der Waals surface area contributed by atoms with Gasteiger partial charge in [0.2, 0.25) is 0 Å². The van der Waals surface area contributed by atoms with Crippen LogP contribution in [0.5, 0.6) is 0 Å². The lowest BCUT2D eigenvalue weighted by molar-refractivity contribution is 0.0995. The Morgan fingerprint density at radius 3 is 2.88 bits per heavy atom. The Balaban J connectivity index is 1.47. The molecule has 2 saturated heterocycles. The van der Waals surface area contributed by atoms with Gasteiger partial charge in [0, 0.05) is 49.5 Å². The number of tetrazole rings is 1. The van der Waals surface area contributed by atoms with E-state index in [0.717, 1.165) is 36.9 Å². The summed E-state index contributed by atoms with van der Waals surface area (Å²) < 4.78 is 1.81. The first kappa shape index (κ1) is 15.0. The van der Waals surface area contributed by atoms with Gasteiger partial charge in [-0.05, 0) is 41.4 Å². The molecule has 0 amide bonds. The van der Waals surface area contributed by atoms with E-state index in [1.54, 1.807) is 0 Å². The molecule has 25 heavy (non-hydrogen) atoms. The van der Waals surface area contributed by atoms with Crippen molar-refractivity contribution in [2.75, 3.05) is 26.2 Å². The van der Waals surface area contributed by atoms with Gasteiger partial charge in [-0.25, -0.2) is 0 Å². The third-order valence-electron chi connectivity index (χ3n) is 5.54. The Hall–Kier alpha value is -2.31. The molecule has 0 saturated carbocycles. The fourth-order valence-electron chi connectivity index (χ4n) is 4.26.